The maximum Gasteiger partial charge on any atom is 0.0975 e. The highest BCUT2D eigenvalue weighted by Gasteiger charge is 2.21. The molecule has 0 aliphatic heterocycles. The maximum absolute atomic E-state index is 11.9. The van der Waals surface area contributed by atoms with Crippen molar-refractivity contribution in [1.82, 2.24) is 4.72 Å². The molecule has 1 N–H and O–H groups in total. The van der Waals surface area contributed by atoms with Crippen molar-refractivity contribution in [2.75, 3.05) is 0 Å². The Labute approximate surface area is 109 Å². The number of hydrogen-bond donors (Lipinski definition) is 1. The summed E-state index contributed by atoms with van der Waals surface area (Å²) >= 11 is 3.43. The van der Waals surface area contributed by atoms with Gasteiger partial charge in [0.1, 0.15) is 0 Å². The van der Waals surface area contributed by atoms with Crippen LogP contribution in [0.4, 0.5) is 0 Å². The molecule has 4 heteroatoms. The van der Waals surface area contributed by atoms with Crippen LogP contribution in [0.3, 0.4) is 0 Å². The van der Waals surface area contributed by atoms with Gasteiger partial charge in [0.05, 0.1) is 15.7 Å². The molecular formula is C12H18BrNOS. The van der Waals surface area contributed by atoms with E-state index in [1.54, 1.807) is 0 Å². The van der Waals surface area contributed by atoms with Gasteiger partial charge in [-0.2, -0.15) is 0 Å². The molecule has 0 amide bonds. The first-order valence-corrected chi connectivity index (χ1v) is 7.18. The second-order valence-corrected chi connectivity index (χ2v) is 7.69. The molecule has 0 aromatic heterocycles. The first kappa shape index (κ1) is 13.9. The Bertz CT molecular complexity index is 387. The molecule has 1 aromatic carbocycles. The lowest BCUT2D eigenvalue weighted by Crippen LogP contribution is -2.34. The molecule has 0 heterocycles. The van der Waals surface area contributed by atoms with Crippen LogP contribution in [0.5, 0.6) is 0 Å². The van der Waals surface area contributed by atoms with E-state index in [-0.39, 0.29) is 10.8 Å². The van der Waals surface area contributed by atoms with Crippen LogP contribution >= 0.6 is 15.9 Å². The highest BCUT2D eigenvalue weighted by Crippen LogP contribution is 2.20. The average molecular weight is 304 g/mol. The molecule has 0 aliphatic carbocycles. The fourth-order valence-electron chi connectivity index (χ4n) is 1.18. The summed E-state index contributed by atoms with van der Waals surface area (Å²) in [7, 11) is -1.04. The van der Waals surface area contributed by atoms with Crippen LogP contribution in [0, 0.1) is 0 Å². The van der Waals surface area contributed by atoms with Crippen molar-refractivity contribution in [3.05, 3.63) is 34.3 Å². The van der Waals surface area contributed by atoms with Crippen molar-refractivity contribution in [2.24, 2.45) is 0 Å². The van der Waals surface area contributed by atoms with Gasteiger partial charge < -0.3 is 0 Å². The van der Waals surface area contributed by atoms with Gasteiger partial charge >= 0.3 is 0 Å². The van der Waals surface area contributed by atoms with Crippen molar-refractivity contribution in [1.29, 1.82) is 0 Å². The Morgan fingerprint density at radius 3 is 2.50 bits per heavy atom. The fraction of sp³-hybridized carbons (Fsp3) is 0.500. The smallest absolute Gasteiger partial charge is 0.0975 e. The molecule has 0 fully saturated rings. The molecule has 0 aliphatic rings. The molecular weight excluding hydrogens is 286 g/mol. The van der Waals surface area contributed by atoms with E-state index >= 15 is 0 Å². The molecule has 0 saturated heterocycles. The normalized spacial score (nSPS) is 15.8. The number of halogens is 1. The van der Waals surface area contributed by atoms with E-state index < -0.39 is 11.0 Å². The van der Waals surface area contributed by atoms with Gasteiger partial charge in [0, 0.05) is 10.5 Å². The summed E-state index contributed by atoms with van der Waals surface area (Å²) in [6.45, 7) is 7.91. The Kier molecular flexibility index (Phi) is 4.71. The van der Waals surface area contributed by atoms with Gasteiger partial charge in [0.25, 0.3) is 0 Å². The molecule has 0 radical (unpaired) electrons. The highest BCUT2D eigenvalue weighted by molar-refractivity contribution is 9.10. The van der Waals surface area contributed by atoms with Gasteiger partial charge in [-0.3, -0.25) is 0 Å². The fourth-order valence-corrected chi connectivity index (χ4v) is 2.41. The Hall–Kier alpha value is -0.190. The Balaban J connectivity index is 2.73. The second kappa shape index (κ2) is 5.43. The lowest BCUT2D eigenvalue weighted by atomic mass is 10.1. The number of hydrogen-bond acceptors (Lipinski definition) is 1. The lowest BCUT2D eigenvalue weighted by molar-refractivity contribution is 0.616. The van der Waals surface area contributed by atoms with E-state index in [0.29, 0.717) is 0 Å². The molecule has 16 heavy (non-hydrogen) atoms. The van der Waals surface area contributed by atoms with Crippen molar-refractivity contribution in [2.45, 2.75) is 38.5 Å². The first-order chi connectivity index (χ1) is 7.30. The van der Waals surface area contributed by atoms with Crippen molar-refractivity contribution in [3.8, 4) is 0 Å². The van der Waals surface area contributed by atoms with Crippen LogP contribution in [0.25, 0.3) is 0 Å². The van der Waals surface area contributed by atoms with Crippen LogP contribution in [-0.4, -0.2) is 8.96 Å². The number of benzene rings is 1. The largest absolute Gasteiger partial charge is 0.242 e. The first-order valence-electron chi connectivity index (χ1n) is 5.24. The topological polar surface area (TPSA) is 29.1 Å². The predicted molar refractivity (Wildman–Crippen MR) is 73.6 cm³/mol. The summed E-state index contributed by atoms with van der Waals surface area (Å²) in [6, 6.07) is 8.12. The molecule has 2 atom stereocenters. The van der Waals surface area contributed by atoms with E-state index in [1.807, 2.05) is 52.0 Å². The third-order valence-corrected chi connectivity index (χ3v) is 4.36. The monoisotopic (exact) mass is 303 g/mol. The maximum atomic E-state index is 11.9. The minimum atomic E-state index is -1.04. The van der Waals surface area contributed by atoms with Crippen LogP contribution in [0.2, 0.25) is 0 Å². The van der Waals surface area contributed by atoms with Gasteiger partial charge in [-0.15, -0.1) is 0 Å². The van der Waals surface area contributed by atoms with Crippen LogP contribution in [-0.2, 0) is 11.0 Å². The Morgan fingerprint density at radius 2 is 2.00 bits per heavy atom. The number of rotatable bonds is 3. The second-order valence-electron chi connectivity index (χ2n) is 4.78. The van der Waals surface area contributed by atoms with E-state index in [1.165, 1.54) is 0 Å². The van der Waals surface area contributed by atoms with Crippen LogP contribution in [0.15, 0.2) is 28.7 Å². The average Bonchev–Trinajstić information content (AvgIpc) is 2.16. The quantitative estimate of drug-likeness (QED) is 0.909. The lowest BCUT2D eigenvalue weighted by Gasteiger charge is -2.22. The molecule has 0 spiro atoms. The standard InChI is InChI=1S/C12H18BrNOS/c1-9(14-16(15)12(2,3)4)10-6-5-7-11(13)8-10/h5-9,14H,1-4H3/t9-,16-/m0/s1. The molecule has 0 saturated carbocycles. The molecule has 90 valence electrons. The summed E-state index contributed by atoms with van der Waals surface area (Å²) in [5, 5.41) is 0. The summed E-state index contributed by atoms with van der Waals surface area (Å²) < 4.78 is 15.8. The van der Waals surface area contributed by atoms with E-state index in [0.717, 1.165) is 10.0 Å². The summed E-state index contributed by atoms with van der Waals surface area (Å²) in [5.41, 5.74) is 1.13. The van der Waals surface area contributed by atoms with Crippen molar-refractivity contribution >= 4 is 26.9 Å². The van der Waals surface area contributed by atoms with Crippen molar-refractivity contribution < 1.29 is 4.21 Å². The van der Waals surface area contributed by atoms with Gasteiger partial charge in [-0.05, 0) is 45.4 Å². The van der Waals surface area contributed by atoms with Gasteiger partial charge in [-0.25, -0.2) is 8.93 Å². The molecule has 1 rings (SSSR count). The van der Waals surface area contributed by atoms with Crippen LogP contribution < -0.4 is 4.72 Å². The molecule has 0 unspecified atom stereocenters. The molecule has 1 aromatic rings. The third kappa shape index (κ3) is 4.00. The minimum Gasteiger partial charge on any atom is -0.242 e. The van der Waals surface area contributed by atoms with Gasteiger partial charge in [0.15, 0.2) is 0 Å². The summed E-state index contributed by atoms with van der Waals surface area (Å²) in [5.74, 6) is 0. The van der Waals surface area contributed by atoms with Crippen molar-refractivity contribution in [3.63, 3.8) is 0 Å². The molecule has 2 nitrogen and oxygen atoms in total. The summed E-state index contributed by atoms with van der Waals surface area (Å²) in [6.07, 6.45) is 0. The van der Waals surface area contributed by atoms with E-state index in [4.69, 9.17) is 0 Å². The molecule has 0 bridgehead atoms. The zero-order valence-electron chi connectivity index (χ0n) is 10.1. The van der Waals surface area contributed by atoms with E-state index in [2.05, 4.69) is 20.7 Å². The Morgan fingerprint density at radius 1 is 1.38 bits per heavy atom. The zero-order valence-corrected chi connectivity index (χ0v) is 12.5. The zero-order chi connectivity index (χ0) is 12.3. The highest BCUT2D eigenvalue weighted by atomic mass is 79.9. The SMILES string of the molecule is C[C@H](N[S@@](=O)C(C)(C)C)c1cccc(Br)c1. The summed E-state index contributed by atoms with van der Waals surface area (Å²) in [4.78, 5) is 0. The predicted octanol–water partition coefficient (Wildman–Crippen LogP) is 3.56. The minimum absolute atomic E-state index is 0.0811. The van der Waals surface area contributed by atoms with Gasteiger partial charge in [-0.1, -0.05) is 28.1 Å². The van der Waals surface area contributed by atoms with Gasteiger partial charge in [0.2, 0.25) is 0 Å². The van der Waals surface area contributed by atoms with Crippen LogP contribution in [0.1, 0.15) is 39.3 Å². The third-order valence-electron chi connectivity index (χ3n) is 2.19. The number of nitrogens with one attached hydrogen (secondary N) is 1. The van der Waals surface area contributed by atoms with E-state index in [9.17, 15) is 4.21 Å².